The van der Waals surface area contributed by atoms with Gasteiger partial charge in [0.15, 0.2) is 11.6 Å². The Morgan fingerprint density at radius 2 is 1.95 bits per heavy atom. The fourth-order valence-corrected chi connectivity index (χ4v) is 2.15. The van der Waals surface area contributed by atoms with E-state index in [1.165, 1.54) is 0 Å². The minimum absolute atomic E-state index is 0.277. The summed E-state index contributed by atoms with van der Waals surface area (Å²) in [5, 5.41) is 11.0. The summed E-state index contributed by atoms with van der Waals surface area (Å²) in [6, 6.07) is -0.116. The van der Waals surface area contributed by atoms with Crippen molar-refractivity contribution < 1.29 is 28.3 Å². The van der Waals surface area contributed by atoms with E-state index in [4.69, 9.17) is 16.7 Å². The second-order valence-corrected chi connectivity index (χ2v) is 4.74. The van der Waals surface area contributed by atoms with Crippen LogP contribution in [-0.4, -0.2) is 46.9 Å². The van der Waals surface area contributed by atoms with Gasteiger partial charge >= 0.3 is 5.97 Å². The Hall–Kier alpha value is -2.22. The Labute approximate surface area is 122 Å². The molecule has 1 aromatic carbocycles. The van der Waals surface area contributed by atoms with Crippen molar-refractivity contribution in [3.63, 3.8) is 0 Å². The van der Waals surface area contributed by atoms with Gasteiger partial charge in [0, 0.05) is 6.54 Å². The minimum Gasteiger partial charge on any atom is -0.480 e. The van der Waals surface area contributed by atoms with Gasteiger partial charge in [-0.2, -0.15) is 0 Å². The average Bonchev–Trinajstić information content (AvgIpc) is 2.41. The molecular formula is C12H9ClF2N2O4. The van der Waals surface area contributed by atoms with Crippen LogP contribution in [0.3, 0.4) is 0 Å². The number of carbonyl (C=O) groups is 3. The number of nitrogens with one attached hydrogen (secondary N) is 1. The zero-order valence-electron chi connectivity index (χ0n) is 10.4. The molecule has 2 N–H and O–H groups in total. The zero-order valence-corrected chi connectivity index (χ0v) is 11.2. The molecule has 0 aliphatic carbocycles. The maximum atomic E-state index is 13.2. The summed E-state index contributed by atoms with van der Waals surface area (Å²) < 4.78 is 26.2. The monoisotopic (exact) mass is 318 g/mol. The Morgan fingerprint density at radius 1 is 1.33 bits per heavy atom. The number of rotatable bonds is 2. The van der Waals surface area contributed by atoms with E-state index >= 15 is 0 Å². The molecule has 2 amide bonds. The van der Waals surface area contributed by atoms with Gasteiger partial charge in [0.2, 0.25) is 5.91 Å². The lowest BCUT2D eigenvalue weighted by atomic mass is 10.1. The fourth-order valence-electron chi connectivity index (χ4n) is 1.92. The number of benzene rings is 1. The Bertz CT molecular complexity index is 638. The molecule has 6 nitrogen and oxygen atoms in total. The maximum Gasteiger partial charge on any atom is 0.328 e. The van der Waals surface area contributed by atoms with E-state index in [9.17, 15) is 23.2 Å². The third-order valence-electron chi connectivity index (χ3n) is 2.97. The number of carboxylic acids is 1. The molecule has 1 aliphatic rings. The lowest BCUT2D eigenvalue weighted by Crippen LogP contribution is -2.59. The highest BCUT2D eigenvalue weighted by Gasteiger charge is 2.36. The molecule has 0 saturated carbocycles. The molecule has 1 atom stereocenters. The zero-order chi connectivity index (χ0) is 15.7. The van der Waals surface area contributed by atoms with E-state index in [1.54, 1.807) is 0 Å². The standard InChI is InChI=1S/C12H9ClF2N2O4/c13-6-2-8(15)7(14)1-5(6)11(19)17-4-10(18)16-3-9(17)12(20)21/h1-2,9H,3-4H2,(H,16,18)(H,20,21). The quantitative estimate of drug-likeness (QED) is 0.784. The van der Waals surface area contributed by atoms with Crippen LogP contribution >= 0.6 is 11.6 Å². The van der Waals surface area contributed by atoms with Crippen molar-refractivity contribution in [3.05, 3.63) is 34.4 Å². The smallest absolute Gasteiger partial charge is 0.328 e. The summed E-state index contributed by atoms with van der Waals surface area (Å²) >= 11 is 5.68. The van der Waals surface area contributed by atoms with Crippen LogP contribution in [0.25, 0.3) is 0 Å². The van der Waals surface area contributed by atoms with Gasteiger partial charge in [0.25, 0.3) is 5.91 Å². The van der Waals surface area contributed by atoms with Gasteiger partial charge in [-0.1, -0.05) is 11.6 Å². The van der Waals surface area contributed by atoms with Crippen LogP contribution < -0.4 is 5.32 Å². The molecule has 0 spiro atoms. The van der Waals surface area contributed by atoms with Crippen molar-refractivity contribution >= 4 is 29.4 Å². The van der Waals surface area contributed by atoms with Gasteiger partial charge < -0.3 is 15.3 Å². The Morgan fingerprint density at radius 3 is 2.57 bits per heavy atom. The Kier molecular flexibility index (Phi) is 4.08. The number of carbonyl (C=O) groups excluding carboxylic acids is 2. The molecule has 1 unspecified atom stereocenters. The van der Waals surface area contributed by atoms with Crippen LogP contribution in [0.2, 0.25) is 5.02 Å². The molecule has 0 radical (unpaired) electrons. The summed E-state index contributed by atoms with van der Waals surface area (Å²) in [6.07, 6.45) is 0. The number of amides is 2. The highest BCUT2D eigenvalue weighted by Crippen LogP contribution is 2.23. The first-order chi connectivity index (χ1) is 9.81. The third kappa shape index (κ3) is 2.94. The predicted octanol–water partition coefficient (Wildman–Crippen LogP) is 0.643. The molecule has 9 heteroatoms. The topological polar surface area (TPSA) is 86.7 Å². The third-order valence-corrected chi connectivity index (χ3v) is 3.28. The summed E-state index contributed by atoms with van der Waals surface area (Å²) in [7, 11) is 0. The van der Waals surface area contributed by atoms with E-state index < -0.39 is 47.6 Å². The molecule has 21 heavy (non-hydrogen) atoms. The largest absolute Gasteiger partial charge is 0.480 e. The van der Waals surface area contributed by atoms with E-state index in [-0.39, 0.29) is 11.6 Å². The minimum atomic E-state index is -1.33. The summed E-state index contributed by atoms with van der Waals surface area (Å²) in [5.74, 6) is -5.37. The van der Waals surface area contributed by atoms with E-state index in [2.05, 4.69) is 5.32 Å². The van der Waals surface area contributed by atoms with Crippen molar-refractivity contribution in [3.8, 4) is 0 Å². The van der Waals surface area contributed by atoms with Crippen molar-refractivity contribution in [2.75, 3.05) is 13.1 Å². The lowest BCUT2D eigenvalue weighted by Gasteiger charge is -2.32. The van der Waals surface area contributed by atoms with E-state index in [0.717, 1.165) is 4.90 Å². The molecule has 1 saturated heterocycles. The molecule has 0 bridgehead atoms. The first kappa shape index (κ1) is 15.2. The van der Waals surface area contributed by atoms with Gasteiger partial charge in [-0.05, 0) is 12.1 Å². The van der Waals surface area contributed by atoms with Gasteiger partial charge in [-0.3, -0.25) is 9.59 Å². The number of halogens is 3. The molecule has 1 fully saturated rings. The van der Waals surface area contributed by atoms with Crippen LogP contribution in [0.5, 0.6) is 0 Å². The first-order valence-corrected chi connectivity index (χ1v) is 6.14. The summed E-state index contributed by atoms with van der Waals surface area (Å²) in [6.45, 7) is -0.785. The second kappa shape index (κ2) is 5.65. The van der Waals surface area contributed by atoms with Gasteiger partial charge in [0.1, 0.15) is 12.6 Å². The van der Waals surface area contributed by atoms with Crippen LogP contribution in [0.1, 0.15) is 10.4 Å². The number of nitrogens with zero attached hydrogens (tertiary/aromatic N) is 1. The molecular weight excluding hydrogens is 310 g/mol. The van der Waals surface area contributed by atoms with Crippen molar-refractivity contribution in [1.29, 1.82) is 0 Å². The summed E-state index contributed by atoms with van der Waals surface area (Å²) in [4.78, 5) is 35.4. The molecule has 1 aliphatic heterocycles. The molecule has 1 aromatic rings. The average molecular weight is 319 g/mol. The number of hydrogen-bond donors (Lipinski definition) is 2. The maximum absolute atomic E-state index is 13.2. The first-order valence-electron chi connectivity index (χ1n) is 5.76. The van der Waals surface area contributed by atoms with Crippen LogP contribution in [-0.2, 0) is 9.59 Å². The van der Waals surface area contributed by atoms with Gasteiger partial charge in [0.05, 0.1) is 10.6 Å². The van der Waals surface area contributed by atoms with E-state index in [1.807, 2.05) is 0 Å². The number of hydrogen-bond acceptors (Lipinski definition) is 3. The number of aliphatic carboxylic acids is 1. The number of carboxylic acid groups (broad SMARTS) is 1. The normalized spacial score (nSPS) is 18.3. The highest BCUT2D eigenvalue weighted by atomic mass is 35.5. The van der Waals surface area contributed by atoms with Crippen molar-refractivity contribution in [2.24, 2.45) is 0 Å². The van der Waals surface area contributed by atoms with Crippen molar-refractivity contribution in [2.45, 2.75) is 6.04 Å². The highest BCUT2D eigenvalue weighted by molar-refractivity contribution is 6.33. The number of piperazine rings is 1. The van der Waals surface area contributed by atoms with Crippen molar-refractivity contribution in [1.82, 2.24) is 10.2 Å². The molecule has 0 aromatic heterocycles. The molecule has 2 rings (SSSR count). The SMILES string of the molecule is O=C1CN(C(=O)c2cc(F)c(F)cc2Cl)C(C(=O)O)CN1. The van der Waals surface area contributed by atoms with Crippen LogP contribution in [0.4, 0.5) is 8.78 Å². The molecule has 112 valence electrons. The van der Waals surface area contributed by atoms with Crippen LogP contribution in [0.15, 0.2) is 12.1 Å². The van der Waals surface area contributed by atoms with Gasteiger partial charge in [-0.25, -0.2) is 13.6 Å². The predicted molar refractivity (Wildman–Crippen MR) is 66.8 cm³/mol. The summed E-state index contributed by atoms with van der Waals surface area (Å²) in [5.41, 5.74) is -0.406. The Balaban J connectivity index is 2.39. The van der Waals surface area contributed by atoms with Crippen LogP contribution in [0, 0.1) is 11.6 Å². The van der Waals surface area contributed by atoms with Gasteiger partial charge in [-0.15, -0.1) is 0 Å². The second-order valence-electron chi connectivity index (χ2n) is 4.34. The fraction of sp³-hybridized carbons (Fsp3) is 0.250. The lowest BCUT2D eigenvalue weighted by molar-refractivity contribution is -0.144. The molecule has 1 heterocycles. The van der Waals surface area contributed by atoms with E-state index in [0.29, 0.717) is 12.1 Å².